The van der Waals surface area contributed by atoms with Gasteiger partial charge in [0.15, 0.2) is 20.4 Å². The number of nitrogens with zero attached hydrogens (tertiary/aromatic N) is 15. The van der Waals surface area contributed by atoms with Crippen molar-refractivity contribution in [1.82, 2.24) is 34.4 Å². The molecule has 764 valence electrons. The smallest absolute Gasteiger partial charge is 0.416 e. The normalized spacial score (nSPS) is 18.3. The molecule has 0 bridgehead atoms. The second-order valence-electron chi connectivity index (χ2n) is 38.5. The fourth-order valence-electron chi connectivity index (χ4n) is 19.3. The van der Waals surface area contributed by atoms with Crippen LogP contribution in [0.2, 0.25) is 0 Å². The minimum Gasteiger partial charge on any atom is -0.497 e. The second kappa shape index (κ2) is 46.4. The summed E-state index contributed by atoms with van der Waals surface area (Å²) in [5.74, 6) is -7.51. The fourth-order valence-corrected chi connectivity index (χ4v) is 20.8. The van der Waals surface area contributed by atoms with Crippen LogP contribution in [-0.2, 0) is 62.0 Å². The number of hydrogen-bond donors (Lipinski definition) is 4. The van der Waals surface area contributed by atoms with Gasteiger partial charge in [0.05, 0.1) is 17.7 Å². The summed E-state index contributed by atoms with van der Waals surface area (Å²) in [5.41, 5.74) is 17.9. The highest BCUT2D eigenvalue weighted by atomic mass is 32.1. The van der Waals surface area contributed by atoms with Crippen molar-refractivity contribution < 1.29 is 53.0 Å². The number of benzene rings is 8. The average molecular weight is 2070 g/mol. The number of rotatable bonds is 12. The monoisotopic (exact) mass is 2070 g/mol. The number of aromatic nitrogens is 1. The van der Waals surface area contributed by atoms with Gasteiger partial charge in [-0.2, -0.15) is 13.2 Å². The number of thiocarbonyl (C=S) groups is 5. The zero-order valence-electron chi connectivity index (χ0n) is 82.8. The minimum absolute atomic E-state index is 0.0279. The predicted molar refractivity (Wildman–Crippen MR) is 580 cm³/mol. The molecule has 144 heavy (non-hydrogen) atoms. The number of amidine groups is 4. The molecule has 1 aliphatic carbocycles. The number of nitrogens with one attached hydrogen (secondary N) is 4. The summed E-state index contributed by atoms with van der Waals surface area (Å²) < 4.78 is 153. The summed E-state index contributed by atoms with van der Waals surface area (Å²) in [6, 6.07) is 51.3. The molecule has 4 N–H and O–H groups in total. The van der Waals surface area contributed by atoms with Gasteiger partial charge in [0, 0.05) is 276 Å². The first kappa shape index (κ1) is 107. The number of methoxy groups -OCH3 is 1. The molecule has 0 unspecified atom stereocenters. The molecule has 9 aliphatic heterocycles. The number of fused-ring (bicyclic) bond motifs is 4. The molecule has 1 saturated carbocycles. The molecule has 0 spiro atoms. The van der Waals surface area contributed by atoms with Crippen molar-refractivity contribution in [1.29, 1.82) is 0 Å². The number of alkyl halides is 11. The fraction of sp³-hybridized carbons (Fsp3) is 0.426. The van der Waals surface area contributed by atoms with Crippen molar-refractivity contribution in [2.45, 2.75) is 162 Å². The Balaban J connectivity index is 0.000000136. The van der Waals surface area contributed by atoms with Gasteiger partial charge in [0.2, 0.25) is 0 Å². The van der Waals surface area contributed by atoms with E-state index >= 15 is 0 Å². The number of aryl methyl sites for hydroxylation is 5. The van der Waals surface area contributed by atoms with Gasteiger partial charge in [-0.05, 0) is 250 Å². The minimum atomic E-state index is -4.39. The predicted octanol–water partition coefficient (Wildman–Crippen LogP) is 22.6. The highest BCUT2D eigenvalue weighted by molar-refractivity contribution is 7.81. The highest BCUT2D eigenvalue weighted by Crippen LogP contribution is 2.40. The van der Waals surface area contributed by atoms with E-state index < -0.39 is 35.4 Å². The summed E-state index contributed by atoms with van der Waals surface area (Å²) in [7, 11) is 1.65. The maximum atomic E-state index is 13.6. The summed E-state index contributed by atoms with van der Waals surface area (Å²) in [4.78, 5) is 45.6. The Morgan fingerprint density at radius 1 is 0.354 bits per heavy atom. The zero-order valence-corrected chi connectivity index (χ0v) is 86.9. The lowest BCUT2D eigenvalue weighted by molar-refractivity contribution is -0.137. The van der Waals surface area contributed by atoms with E-state index in [1.54, 1.807) is 55.6 Å². The number of hydrogen-bond acceptors (Lipinski definition) is 12. The van der Waals surface area contributed by atoms with Crippen molar-refractivity contribution in [2.75, 3.05) is 179 Å². The maximum Gasteiger partial charge on any atom is 0.416 e. The number of piperazine rings is 5. The molecule has 0 radical (unpaired) electrons. The van der Waals surface area contributed by atoms with Gasteiger partial charge >= 0.3 is 6.18 Å². The van der Waals surface area contributed by atoms with E-state index in [1.807, 2.05) is 52.3 Å². The number of ether oxygens (including phenoxy) is 1. The van der Waals surface area contributed by atoms with Gasteiger partial charge in [-0.25, -0.2) is 55.1 Å². The third-order valence-corrected chi connectivity index (χ3v) is 29.4. The number of pyridine rings is 1. The number of halogens is 11. The van der Waals surface area contributed by atoms with Crippen molar-refractivity contribution in [3.05, 3.63) is 260 Å². The molecule has 5 saturated heterocycles. The number of aliphatic imine (C=N–C) groups is 4. The summed E-state index contributed by atoms with van der Waals surface area (Å²) in [6.07, 6.45) is 5.94. The second-order valence-corrected chi connectivity index (χ2v) is 40.4. The van der Waals surface area contributed by atoms with Gasteiger partial charge in [0.1, 0.15) is 29.1 Å². The van der Waals surface area contributed by atoms with Crippen LogP contribution in [0.25, 0.3) is 0 Å². The van der Waals surface area contributed by atoms with Crippen LogP contribution >= 0.6 is 61.1 Å². The van der Waals surface area contributed by atoms with Crippen LogP contribution < -0.4 is 45.6 Å². The van der Waals surface area contributed by atoms with Crippen LogP contribution in [0.4, 0.5) is 93.8 Å². The molecular formula is C108H124F11N19OS5. The van der Waals surface area contributed by atoms with E-state index in [0.29, 0.717) is 122 Å². The lowest BCUT2D eigenvalue weighted by Crippen LogP contribution is -2.52. The average Bonchev–Trinajstić information content (AvgIpc) is 1.69. The lowest BCUT2D eigenvalue weighted by Gasteiger charge is -2.41. The van der Waals surface area contributed by atoms with Crippen LogP contribution in [0.1, 0.15) is 144 Å². The molecule has 0 atom stereocenters. The van der Waals surface area contributed by atoms with Gasteiger partial charge in [-0.15, -0.1) is 0 Å². The van der Waals surface area contributed by atoms with Crippen molar-refractivity contribution in [2.24, 2.45) is 20.0 Å². The first-order chi connectivity index (χ1) is 68.5. The zero-order chi connectivity index (χ0) is 103. The molecule has 19 rings (SSSR count). The molecule has 8 aromatic carbocycles. The van der Waals surface area contributed by atoms with E-state index in [1.165, 1.54) is 115 Å². The molecule has 0 amide bonds. The van der Waals surface area contributed by atoms with Crippen LogP contribution in [0.3, 0.4) is 0 Å². The van der Waals surface area contributed by atoms with Gasteiger partial charge in [-0.1, -0.05) is 98.2 Å². The molecule has 10 aliphatic rings. The number of anilines is 8. The largest absolute Gasteiger partial charge is 0.497 e. The molecule has 1 aromatic heterocycles. The Bertz CT molecular complexity index is 6210. The van der Waals surface area contributed by atoms with Crippen molar-refractivity contribution in [3.63, 3.8) is 0 Å². The van der Waals surface area contributed by atoms with Crippen LogP contribution in [0, 0.1) is 34.6 Å². The highest BCUT2D eigenvalue weighted by Gasteiger charge is 2.37. The van der Waals surface area contributed by atoms with E-state index in [0.717, 1.165) is 189 Å². The first-order valence-corrected chi connectivity index (χ1v) is 51.0. The quantitative estimate of drug-likeness (QED) is 0.0677. The van der Waals surface area contributed by atoms with Crippen LogP contribution in [0.15, 0.2) is 196 Å². The summed E-state index contributed by atoms with van der Waals surface area (Å²) in [6.45, 7) is 29.5. The maximum absolute atomic E-state index is 13.6. The van der Waals surface area contributed by atoms with E-state index in [2.05, 4.69) is 156 Å². The van der Waals surface area contributed by atoms with E-state index in [4.69, 9.17) is 65.8 Å². The van der Waals surface area contributed by atoms with Crippen molar-refractivity contribution in [3.8, 4) is 5.75 Å². The molecule has 9 aromatic rings. The summed E-state index contributed by atoms with van der Waals surface area (Å²) >= 11 is 27.8. The Morgan fingerprint density at radius 3 is 1.10 bits per heavy atom. The Hall–Kier alpha value is -11.6. The lowest BCUT2D eigenvalue weighted by atomic mass is 9.94. The standard InChI is InChI=1S/C23H26F2N4S.C22H21F5N4S.C22H24F2N4OS.C22H24F2N4S.C19H29N3S/c1-15-11-17-13-21(26-20(17)12-16(15)2)27-22(30)29-9-7-28(8-10-29)19-6-4-5-18(14-19)23(3,24)25;1-21(23,24)15-3-2-4-17(13-15)30-7-9-31(10-8-30)20(32)29-19-12-14-11-16(22(25,26)27)5-6-18(14)28-19;1-22(23,24)16-4-3-5-17(14-16)27-8-10-28(11-9-27)21(30)26-20-13-15-12-18(29-2)6-7-19(15)25-20;1-15-5-3-8-19-18(15)14-20(25-19)26-21(29)28-11-9-27(10-12-28)17-7-4-6-16(13-17)22(2,23)24;1-15-12-16(2)20-17(13-15)14-19(23)22-10-8-21(9-11-22)18-6-4-3-5-7-18/h4-6,11-12,14H,7-10,13H2,1-3H3,(H,26,27,30);2-6,11,13H,7-10,12H2,1H3,(H,28,29,32);3-7,12,14H,8-11,13H2,1-2H3,(H,25,26,30);3-8,13H,9-12,14H2,1-2H3,(H,25,26,29);12-13,18H,3-11,14H2,1-2H3. The van der Waals surface area contributed by atoms with Crippen LogP contribution in [0.5, 0.6) is 5.75 Å². The van der Waals surface area contributed by atoms with Gasteiger partial charge in [-0.3, -0.25) is 9.88 Å². The molecule has 6 fully saturated rings. The Kier molecular flexibility index (Phi) is 34.4. The van der Waals surface area contributed by atoms with Crippen molar-refractivity contribution >= 4 is 155 Å². The third kappa shape index (κ3) is 28.2. The van der Waals surface area contributed by atoms with Crippen LogP contribution in [-0.4, -0.2) is 227 Å². The summed E-state index contributed by atoms with van der Waals surface area (Å²) in [5, 5.41) is 15.1. The SMILES string of the molecule is CC(F)(F)c1cccc(N2CCN(C(=S)N=C3Cc4cc(C(F)(F)F)ccc4N3)CC2)c1.COc1ccc2c(c1)CC(=NC(=S)N1CCN(c3cccc(C(C)(F)F)c3)CC1)N2.Cc1cc(C)nc(CC(=S)N2CCN(C3CCCCC3)CC2)c1.Cc1cc2c(cc1C)NC(=NC(=S)N1CCN(c3cccc(C(C)(F)F)c3)CC1)C2.Cc1cccc2c1CC(=NC(=S)N1CCN(c3cccc(C(C)(F)F)c3)CC1)N2. The molecule has 20 nitrogen and oxygen atoms in total. The Labute approximate surface area is 863 Å². The Morgan fingerprint density at radius 2 is 0.715 bits per heavy atom. The molecule has 36 heteroatoms. The molecule has 10 heterocycles. The third-order valence-electron chi connectivity index (χ3n) is 27.6. The topological polar surface area (TPSA) is 152 Å². The van der Waals surface area contributed by atoms with E-state index in [-0.39, 0.29) is 28.7 Å². The molecular weight excluding hydrogens is 1950 g/mol. The first-order valence-electron chi connectivity index (χ1n) is 49.0. The van der Waals surface area contributed by atoms with Gasteiger partial charge < -0.3 is 70.1 Å². The van der Waals surface area contributed by atoms with E-state index in [9.17, 15) is 48.3 Å². The van der Waals surface area contributed by atoms with Gasteiger partial charge in [0.25, 0.3) is 23.7 Å².